The number of hydrogen-bond acceptors (Lipinski definition) is 6. The number of anilines is 1. The number of aromatic nitrogens is 2. The predicted molar refractivity (Wildman–Crippen MR) is 114 cm³/mol. The van der Waals surface area contributed by atoms with E-state index in [-0.39, 0.29) is 24.2 Å². The fourth-order valence-corrected chi connectivity index (χ4v) is 4.28. The van der Waals surface area contributed by atoms with Crippen LogP contribution in [0.4, 0.5) is 10.6 Å². The molecule has 0 unspecified atom stereocenters. The molecule has 1 aromatic heterocycles. The molecular formula is C21H29N3O5S. The maximum atomic E-state index is 12.3. The normalized spacial score (nSPS) is 19.6. The van der Waals surface area contributed by atoms with Crippen LogP contribution in [0.5, 0.6) is 0 Å². The van der Waals surface area contributed by atoms with Gasteiger partial charge in [-0.2, -0.15) is 13.5 Å². The molecular weight excluding hydrogens is 406 g/mol. The number of hydrogen-bond donors (Lipinski definition) is 1. The molecule has 30 heavy (non-hydrogen) atoms. The van der Waals surface area contributed by atoms with Gasteiger partial charge in [0.2, 0.25) is 0 Å². The van der Waals surface area contributed by atoms with E-state index in [0.29, 0.717) is 18.7 Å². The van der Waals surface area contributed by atoms with Crippen LogP contribution >= 0.6 is 0 Å². The smallest absolute Gasteiger partial charge is 0.413 e. The summed E-state index contributed by atoms with van der Waals surface area (Å²) in [5.74, 6) is 0.615. The molecule has 0 spiro atoms. The van der Waals surface area contributed by atoms with E-state index in [1.165, 1.54) is 0 Å². The Balaban J connectivity index is 1.70. The molecule has 1 aliphatic rings. The summed E-state index contributed by atoms with van der Waals surface area (Å²) in [6, 6.07) is 11.3. The molecule has 1 saturated carbocycles. The Morgan fingerprint density at radius 3 is 2.57 bits per heavy atom. The van der Waals surface area contributed by atoms with E-state index >= 15 is 0 Å². The van der Waals surface area contributed by atoms with Crippen LogP contribution in [-0.4, -0.2) is 36.7 Å². The molecule has 164 valence electrons. The highest BCUT2D eigenvalue weighted by Crippen LogP contribution is 2.37. The Hall–Kier alpha value is -2.39. The van der Waals surface area contributed by atoms with Gasteiger partial charge < -0.3 is 4.74 Å². The van der Waals surface area contributed by atoms with Gasteiger partial charge in [0.05, 0.1) is 23.6 Å². The first kappa shape index (κ1) is 22.3. The summed E-state index contributed by atoms with van der Waals surface area (Å²) in [5.41, 5.74) is 1.35. The lowest BCUT2D eigenvalue weighted by molar-refractivity contribution is 0.154. The lowest BCUT2D eigenvalue weighted by Crippen LogP contribution is -2.27. The van der Waals surface area contributed by atoms with Crippen LogP contribution in [0.3, 0.4) is 0 Å². The number of amides is 1. The van der Waals surface area contributed by atoms with Crippen LogP contribution in [0.15, 0.2) is 36.4 Å². The van der Waals surface area contributed by atoms with Crippen LogP contribution in [0, 0.1) is 0 Å². The van der Waals surface area contributed by atoms with Gasteiger partial charge in [0, 0.05) is 12.0 Å². The minimum Gasteiger partial charge on any atom is -0.444 e. The molecule has 1 amide bonds. The van der Waals surface area contributed by atoms with Crippen molar-refractivity contribution >= 4 is 22.0 Å². The maximum Gasteiger partial charge on any atom is 0.413 e. The van der Waals surface area contributed by atoms with E-state index < -0.39 is 16.2 Å². The van der Waals surface area contributed by atoms with Gasteiger partial charge in [0.1, 0.15) is 12.4 Å². The Morgan fingerprint density at radius 2 is 1.93 bits per heavy atom. The van der Waals surface area contributed by atoms with Crippen molar-refractivity contribution in [3.63, 3.8) is 0 Å². The molecule has 3 rings (SSSR count). The van der Waals surface area contributed by atoms with Crippen molar-refractivity contribution in [3.8, 4) is 0 Å². The lowest BCUT2D eigenvalue weighted by atomic mass is 10.0. The third-order valence-corrected chi connectivity index (χ3v) is 5.54. The molecule has 1 heterocycles. The van der Waals surface area contributed by atoms with Crippen molar-refractivity contribution in [2.24, 2.45) is 0 Å². The first-order valence-corrected chi connectivity index (χ1v) is 11.8. The van der Waals surface area contributed by atoms with Crippen LogP contribution in [0.25, 0.3) is 0 Å². The SMILES string of the molecule is CC(C)(C)n1nc([C@H]2CC[C@H](OS(C)(=O)=O)C2)cc1NC(=O)OCc1ccccc1. The molecule has 0 radical (unpaired) electrons. The van der Waals surface area contributed by atoms with E-state index in [0.717, 1.165) is 23.9 Å². The molecule has 2 aromatic rings. The van der Waals surface area contributed by atoms with Gasteiger partial charge in [-0.15, -0.1) is 0 Å². The Kier molecular flexibility index (Phi) is 6.52. The topological polar surface area (TPSA) is 99.5 Å². The average Bonchev–Trinajstić information content (AvgIpc) is 3.26. The third-order valence-electron chi connectivity index (χ3n) is 4.92. The molecule has 0 saturated heterocycles. The average molecular weight is 436 g/mol. The predicted octanol–water partition coefficient (Wildman–Crippen LogP) is 4.00. The highest BCUT2D eigenvalue weighted by atomic mass is 32.2. The van der Waals surface area contributed by atoms with Crippen molar-refractivity contribution in [2.75, 3.05) is 11.6 Å². The highest BCUT2D eigenvalue weighted by molar-refractivity contribution is 7.86. The number of carbonyl (C=O) groups excluding carboxylic acids is 1. The summed E-state index contributed by atoms with van der Waals surface area (Å²) < 4.78 is 35.0. The minimum atomic E-state index is -3.48. The van der Waals surface area contributed by atoms with E-state index in [1.807, 2.05) is 57.2 Å². The standard InChI is InChI=1S/C21H29N3O5S/c1-21(2,3)24-19(22-20(25)28-14-15-8-6-5-7-9-15)13-18(23-24)16-10-11-17(12-16)29-30(4,26)27/h5-9,13,16-17H,10-12,14H2,1-4H3,(H,22,25)/t16-,17-/m0/s1. The number of carbonyl (C=O) groups is 1. The van der Waals surface area contributed by atoms with Crippen LogP contribution in [-0.2, 0) is 31.2 Å². The molecule has 2 atom stereocenters. The summed E-state index contributed by atoms with van der Waals surface area (Å²) in [6.07, 6.45) is 2.18. The monoisotopic (exact) mass is 435 g/mol. The van der Waals surface area contributed by atoms with Crippen molar-refractivity contribution in [2.45, 2.75) is 64.2 Å². The molecule has 1 aliphatic carbocycles. The van der Waals surface area contributed by atoms with Gasteiger partial charge in [-0.3, -0.25) is 9.50 Å². The molecule has 1 N–H and O–H groups in total. The Labute approximate surface area is 177 Å². The van der Waals surface area contributed by atoms with E-state index in [2.05, 4.69) is 5.32 Å². The molecule has 1 aromatic carbocycles. The summed E-state index contributed by atoms with van der Waals surface area (Å²) in [5, 5.41) is 7.50. The molecule has 0 bridgehead atoms. The van der Waals surface area contributed by atoms with Crippen molar-refractivity contribution < 1.29 is 22.1 Å². The van der Waals surface area contributed by atoms with Crippen LogP contribution < -0.4 is 5.32 Å². The fraction of sp³-hybridized carbons (Fsp3) is 0.524. The second kappa shape index (κ2) is 8.77. The van der Waals surface area contributed by atoms with Crippen molar-refractivity contribution in [1.82, 2.24) is 9.78 Å². The second-order valence-electron chi connectivity index (χ2n) is 8.66. The minimum absolute atomic E-state index is 0.0706. The van der Waals surface area contributed by atoms with Gasteiger partial charge >= 0.3 is 6.09 Å². The number of rotatable bonds is 6. The molecule has 0 aliphatic heterocycles. The second-order valence-corrected chi connectivity index (χ2v) is 10.3. The zero-order chi connectivity index (χ0) is 21.9. The van der Waals surface area contributed by atoms with Gasteiger partial charge in [-0.25, -0.2) is 9.48 Å². The quantitative estimate of drug-likeness (QED) is 0.689. The Bertz CT molecular complexity index is 980. The first-order chi connectivity index (χ1) is 14.0. The lowest BCUT2D eigenvalue weighted by Gasteiger charge is -2.22. The van der Waals surface area contributed by atoms with Crippen LogP contribution in [0.1, 0.15) is 57.2 Å². The largest absolute Gasteiger partial charge is 0.444 e. The summed E-state index contributed by atoms with van der Waals surface area (Å²) in [4.78, 5) is 12.3. The summed E-state index contributed by atoms with van der Waals surface area (Å²) >= 11 is 0. The first-order valence-electron chi connectivity index (χ1n) is 9.97. The zero-order valence-corrected chi connectivity index (χ0v) is 18.6. The highest BCUT2D eigenvalue weighted by Gasteiger charge is 2.32. The number of benzene rings is 1. The van der Waals surface area contributed by atoms with Gasteiger partial charge in [0.25, 0.3) is 10.1 Å². The van der Waals surface area contributed by atoms with E-state index in [1.54, 1.807) is 4.68 Å². The Morgan fingerprint density at radius 1 is 1.23 bits per heavy atom. The summed E-state index contributed by atoms with van der Waals surface area (Å²) in [6.45, 7) is 6.16. The number of nitrogens with zero attached hydrogens (tertiary/aromatic N) is 2. The molecule has 8 nitrogen and oxygen atoms in total. The van der Waals surface area contributed by atoms with Gasteiger partial charge in [0.15, 0.2) is 0 Å². The number of nitrogens with one attached hydrogen (secondary N) is 1. The van der Waals surface area contributed by atoms with E-state index in [4.69, 9.17) is 14.0 Å². The van der Waals surface area contributed by atoms with Crippen molar-refractivity contribution in [3.05, 3.63) is 47.7 Å². The zero-order valence-electron chi connectivity index (χ0n) is 17.8. The molecule has 1 fully saturated rings. The number of ether oxygens (including phenoxy) is 1. The fourth-order valence-electron chi connectivity index (χ4n) is 3.61. The molecule has 9 heteroatoms. The van der Waals surface area contributed by atoms with E-state index in [9.17, 15) is 13.2 Å². The third kappa shape index (κ3) is 6.06. The summed E-state index contributed by atoms with van der Waals surface area (Å²) in [7, 11) is -3.48. The van der Waals surface area contributed by atoms with Gasteiger partial charge in [-0.05, 0) is 45.6 Å². The van der Waals surface area contributed by atoms with Crippen molar-refractivity contribution in [1.29, 1.82) is 0 Å². The van der Waals surface area contributed by atoms with Gasteiger partial charge in [-0.1, -0.05) is 30.3 Å². The van der Waals surface area contributed by atoms with Crippen LogP contribution in [0.2, 0.25) is 0 Å². The maximum absolute atomic E-state index is 12.3.